The van der Waals surface area contributed by atoms with Crippen LogP contribution in [0, 0.1) is 12.3 Å². The second-order valence-corrected chi connectivity index (χ2v) is 2.96. The van der Waals surface area contributed by atoms with Crippen LogP contribution in [0.15, 0.2) is 23.6 Å². The van der Waals surface area contributed by atoms with Gasteiger partial charge in [0.1, 0.15) is 5.03 Å². The Morgan fingerprint density at radius 3 is 3.09 bits per heavy atom. The third-order valence-corrected chi connectivity index (χ3v) is 1.95. The minimum absolute atomic E-state index is 0.779. The van der Waals surface area contributed by atoms with Crippen molar-refractivity contribution in [3.63, 3.8) is 0 Å². The standard InChI is InChI=1S/C8H8N2S/c1-2-3-6-11-8-7-9-4-5-10-8/h1,4-5,7H,3,6H2. The molecule has 0 aliphatic rings. The molecule has 0 aliphatic heterocycles. The zero-order valence-corrected chi connectivity index (χ0v) is 6.84. The van der Waals surface area contributed by atoms with Crippen LogP contribution in [0.5, 0.6) is 0 Å². The van der Waals surface area contributed by atoms with E-state index in [0.717, 1.165) is 17.2 Å². The molecular weight excluding hydrogens is 156 g/mol. The van der Waals surface area contributed by atoms with Crippen molar-refractivity contribution in [1.82, 2.24) is 9.97 Å². The molecule has 0 bridgehead atoms. The first-order valence-electron chi connectivity index (χ1n) is 3.26. The number of terminal acetylenes is 1. The average molecular weight is 164 g/mol. The first kappa shape index (κ1) is 8.09. The van der Waals surface area contributed by atoms with Gasteiger partial charge in [0.2, 0.25) is 0 Å². The van der Waals surface area contributed by atoms with Crippen molar-refractivity contribution in [2.24, 2.45) is 0 Å². The van der Waals surface area contributed by atoms with Crippen molar-refractivity contribution >= 4 is 11.8 Å². The predicted octanol–water partition coefficient (Wildman–Crippen LogP) is 1.59. The number of thioether (sulfide) groups is 1. The lowest BCUT2D eigenvalue weighted by molar-refractivity contribution is 1.05. The minimum atomic E-state index is 0.779. The fourth-order valence-corrected chi connectivity index (χ4v) is 1.27. The summed E-state index contributed by atoms with van der Waals surface area (Å²) in [6.45, 7) is 0. The van der Waals surface area contributed by atoms with E-state index in [-0.39, 0.29) is 0 Å². The lowest BCUT2D eigenvalue weighted by Crippen LogP contribution is -1.82. The molecule has 3 heteroatoms. The van der Waals surface area contributed by atoms with Gasteiger partial charge in [-0.05, 0) is 0 Å². The van der Waals surface area contributed by atoms with Crippen molar-refractivity contribution in [2.75, 3.05) is 5.75 Å². The zero-order chi connectivity index (χ0) is 7.94. The monoisotopic (exact) mass is 164 g/mol. The quantitative estimate of drug-likeness (QED) is 0.385. The Bertz CT molecular complexity index is 240. The maximum Gasteiger partial charge on any atom is 0.114 e. The summed E-state index contributed by atoms with van der Waals surface area (Å²) in [5, 5.41) is 0.933. The van der Waals surface area contributed by atoms with E-state index in [0.29, 0.717) is 0 Å². The van der Waals surface area contributed by atoms with Crippen molar-refractivity contribution in [3.05, 3.63) is 18.6 Å². The molecule has 0 unspecified atom stereocenters. The van der Waals surface area contributed by atoms with Gasteiger partial charge in [0, 0.05) is 24.6 Å². The van der Waals surface area contributed by atoms with Crippen LogP contribution in [-0.4, -0.2) is 15.7 Å². The Labute approximate surface area is 70.5 Å². The van der Waals surface area contributed by atoms with E-state index >= 15 is 0 Å². The third-order valence-electron chi connectivity index (χ3n) is 1.04. The molecule has 0 spiro atoms. The molecule has 0 fully saturated rings. The SMILES string of the molecule is C#CCCSc1cnccn1. The van der Waals surface area contributed by atoms with Gasteiger partial charge >= 0.3 is 0 Å². The van der Waals surface area contributed by atoms with Gasteiger partial charge in [-0.15, -0.1) is 24.1 Å². The zero-order valence-electron chi connectivity index (χ0n) is 6.03. The normalized spacial score (nSPS) is 9.00. The van der Waals surface area contributed by atoms with Gasteiger partial charge in [-0.25, -0.2) is 4.98 Å². The highest BCUT2D eigenvalue weighted by Gasteiger charge is 1.91. The molecule has 0 aromatic carbocycles. The summed E-state index contributed by atoms with van der Waals surface area (Å²) in [7, 11) is 0. The summed E-state index contributed by atoms with van der Waals surface area (Å²) in [6.07, 6.45) is 10.9. The molecule has 0 aliphatic carbocycles. The lowest BCUT2D eigenvalue weighted by Gasteiger charge is -1.94. The largest absolute Gasteiger partial charge is 0.260 e. The molecule has 0 amide bonds. The van der Waals surface area contributed by atoms with Gasteiger partial charge in [-0.2, -0.15) is 0 Å². The predicted molar refractivity (Wildman–Crippen MR) is 46.2 cm³/mol. The van der Waals surface area contributed by atoms with Gasteiger partial charge < -0.3 is 0 Å². The Morgan fingerprint density at radius 1 is 1.55 bits per heavy atom. The lowest BCUT2D eigenvalue weighted by atomic mass is 10.5. The van der Waals surface area contributed by atoms with E-state index in [1.54, 1.807) is 30.4 Å². The van der Waals surface area contributed by atoms with Crippen LogP contribution < -0.4 is 0 Å². The summed E-state index contributed by atoms with van der Waals surface area (Å²) in [5.41, 5.74) is 0. The molecule has 11 heavy (non-hydrogen) atoms. The van der Waals surface area contributed by atoms with Crippen molar-refractivity contribution in [1.29, 1.82) is 0 Å². The van der Waals surface area contributed by atoms with Crippen molar-refractivity contribution in [2.45, 2.75) is 11.4 Å². The molecular formula is C8H8N2S. The Hall–Kier alpha value is -1.01. The second kappa shape index (κ2) is 4.75. The van der Waals surface area contributed by atoms with Gasteiger partial charge in [-0.1, -0.05) is 0 Å². The molecule has 0 saturated carbocycles. The maximum atomic E-state index is 5.09. The minimum Gasteiger partial charge on any atom is -0.260 e. The number of rotatable bonds is 3. The van der Waals surface area contributed by atoms with E-state index in [1.807, 2.05) is 0 Å². The molecule has 1 aromatic rings. The molecule has 0 saturated heterocycles. The molecule has 0 atom stereocenters. The fourth-order valence-electron chi connectivity index (χ4n) is 0.574. The number of hydrogen-bond acceptors (Lipinski definition) is 3. The van der Waals surface area contributed by atoms with Gasteiger partial charge in [0.25, 0.3) is 0 Å². The average Bonchev–Trinajstić information content (AvgIpc) is 2.07. The van der Waals surface area contributed by atoms with E-state index in [1.165, 1.54) is 0 Å². The van der Waals surface area contributed by atoms with Crippen LogP contribution >= 0.6 is 11.8 Å². The van der Waals surface area contributed by atoms with E-state index < -0.39 is 0 Å². The molecule has 0 N–H and O–H groups in total. The van der Waals surface area contributed by atoms with Crippen LogP contribution in [0.25, 0.3) is 0 Å². The first-order chi connectivity index (χ1) is 5.43. The summed E-state index contributed by atoms with van der Waals surface area (Å²) in [5.74, 6) is 3.48. The highest BCUT2D eigenvalue weighted by atomic mass is 32.2. The second-order valence-electron chi connectivity index (χ2n) is 1.85. The summed E-state index contributed by atoms with van der Waals surface area (Å²) < 4.78 is 0. The summed E-state index contributed by atoms with van der Waals surface area (Å²) in [6, 6.07) is 0. The summed E-state index contributed by atoms with van der Waals surface area (Å²) in [4.78, 5) is 8.01. The van der Waals surface area contributed by atoms with Gasteiger partial charge in [0.05, 0.1) is 6.20 Å². The number of aromatic nitrogens is 2. The van der Waals surface area contributed by atoms with Gasteiger partial charge in [0.15, 0.2) is 0 Å². The van der Waals surface area contributed by atoms with E-state index in [4.69, 9.17) is 6.42 Å². The van der Waals surface area contributed by atoms with Crippen molar-refractivity contribution < 1.29 is 0 Å². The number of hydrogen-bond donors (Lipinski definition) is 0. The molecule has 56 valence electrons. The Balaban J connectivity index is 2.35. The van der Waals surface area contributed by atoms with Crippen LogP contribution in [-0.2, 0) is 0 Å². The highest BCUT2D eigenvalue weighted by Crippen LogP contribution is 2.12. The summed E-state index contributed by atoms with van der Waals surface area (Å²) >= 11 is 1.63. The van der Waals surface area contributed by atoms with Crippen LogP contribution in [0.1, 0.15) is 6.42 Å². The Morgan fingerprint density at radius 2 is 2.45 bits per heavy atom. The van der Waals surface area contributed by atoms with Crippen LogP contribution in [0.4, 0.5) is 0 Å². The maximum absolute atomic E-state index is 5.09. The molecule has 1 aromatic heterocycles. The van der Waals surface area contributed by atoms with E-state index in [9.17, 15) is 0 Å². The van der Waals surface area contributed by atoms with Crippen LogP contribution in [0.2, 0.25) is 0 Å². The molecule has 1 rings (SSSR count). The highest BCUT2D eigenvalue weighted by molar-refractivity contribution is 7.99. The fraction of sp³-hybridized carbons (Fsp3) is 0.250. The Kier molecular flexibility index (Phi) is 3.49. The smallest absolute Gasteiger partial charge is 0.114 e. The topological polar surface area (TPSA) is 25.8 Å². The first-order valence-corrected chi connectivity index (χ1v) is 4.24. The van der Waals surface area contributed by atoms with Gasteiger partial charge in [-0.3, -0.25) is 4.98 Å². The molecule has 2 nitrogen and oxygen atoms in total. The van der Waals surface area contributed by atoms with E-state index in [2.05, 4.69) is 15.9 Å². The molecule has 0 radical (unpaired) electrons. The van der Waals surface area contributed by atoms with Crippen LogP contribution in [0.3, 0.4) is 0 Å². The third kappa shape index (κ3) is 3.06. The van der Waals surface area contributed by atoms with Crippen molar-refractivity contribution in [3.8, 4) is 12.3 Å². The number of nitrogens with zero attached hydrogens (tertiary/aromatic N) is 2. The molecule has 1 heterocycles.